The second-order valence-corrected chi connectivity index (χ2v) is 6.04. The number of nitrogens with two attached hydrogens (primary N) is 1. The Morgan fingerprint density at radius 3 is 2.67 bits per heavy atom. The van der Waals surface area contributed by atoms with Crippen molar-refractivity contribution in [2.75, 3.05) is 13.2 Å². The van der Waals surface area contributed by atoms with Gasteiger partial charge in [0.2, 0.25) is 0 Å². The zero-order valence-electron chi connectivity index (χ0n) is 10.2. The Morgan fingerprint density at radius 2 is 2.07 bits per heavy atom. The third kappa shape index (κ3) is 2.36. The van der Waals surface area contributed by atoms with Crippen LogP contribution in [0.3, 0.4) is 0 Å². The van der Waals surface area contributed by atoms with Crippen molar-refractivity contribution in [2.45, 2.75) is 52.0 Å². The summed E-state index contributed by atoms with van der Waals surface area (Å²) in [6.07, 6.45) is 6.60. The van der Waals surface area contributed by atoms with Crippen molar-refractivity contribution in [2.24, 2.45) is 23.0 Å². The van der Waals surface area contributed by atoms with Crippen LogP contribution in [-0.2, 0) is 4.74 Å². The summed E-state index contributed by atoms with van der Waals surface area (Å²) >= 11 is 0. The maximum atomic E-state index is 6.45. The smallest absolute Gasteiger partial charge is 0.0510 e. The average molecular weight is 211 g/mol. The first-order chi connectivity index (χ1) is 7.11. The summed E-state index contributed by atoms with van der Waals surface area (Å²) in [6, 6.07) is 0.364. The van der Waals surface area contributed by atoms with E-state index in [4.69, 9.17) is 10.5 Å². The van der Waals surface area contributed by atoms with Crippen LogP contribution in [0.15, 0.2) is 0 Å². The molecule has 2 rings (SSSR count). The molecule has 15 heavy (non-hydrogen) atoms. The number of hydrogen-bond acceptors (Lipinski definition) is 2. The van der Waals surface area contributed by atoms with Gasteiger partial charge >= 0.3 is 0 Å². The molecule has 3 unspecified atom stereocenters. The molecule has 1 saturated heterocycles. The molecule has 1 saturated carbocycles. The van der Waals surface area contributed by atoms with Gasteiger partial charge in [-0.2, -0.15) is 0 Å². The lowest BCUT2D eigenvalue weighted by Gasteiger charge is -2.43. The number of rotatable bonds is 2. The van der Waals surface area contributed by atoms with Gasteiger partial charge in [-0.1, -0.05) is 26.7 Å². The first-order valence-electron chi connectivity index (χ1n) is 6.44. The van der Waals surface area contributed by atoms with Gasteiger partial charge in [0.15, 0.2) is 0 Å². The molecule has 0 aromatic rings. The molecule has 1 aliphatic heterocycles. The highest BCUT2D eigenvalue weighted by Crippen LogP contribution is 2.43. The highest BCUT2D eigenvalue weighted by molar-refractivity contribution is 4.92. The van der Waals surface area contributed by atoms with E-state index in [-0.39, 0.29) is 0 Å². The minimum Gasteiger partial charge on any atom is -0.381 e. The highest BCUT2D eigenvalue weighted by atomic mass is 16.5. The zero-order chi connectivity index (χ0) is 10.9. The summed E-state index contributed by atoms with van der Waals surface area (Å²) in [6.45, 7) is 6.61. The Hall–Kier alpha value is -0.0800. The van der Waals surface area contributed by atoms with Crippen LogP contribution in [0.5, 0.6) is 0 Å². The molecular weight excluding hydrogens is 186 g/mol. The lowest BCUT2D eigenvalue weighted by Crippen LogP contribution is -2.46. The summed E-state index contributed by atoms with van der Waals surface area (Å²) in [4.78, 5) is 0. The molecular formula is C13H25NO. The van der Waals surface area contributed by atoms with Crippen molar-refractivity contribution in [3.8, 4) is 0 Å². The van der Waals surface area contributed by atoms with E-state index in [0.717, 1.165) is 13.2 Å². The van der Waals surface area contributed by atoms with Crippen molar-refractivity contribution < 1.29 is 4.74 Å². The average Bonchev–Trinajstić information content (AvgIpc) is 2.69. The molecule has 2 aliphatic rings. The van der Waals surface area contributed by atoms with Gasteiger partial charge in [-0.25, -0.2) is 0 Å². The molecule has 88 valence electrons. The predicted molar refractivity (Wildman–Crippen MR) is 62.6 cm³/mol. The van der Waals surface area contributed by atoms with Crippen LogP contribution >= 0.6 is 0 Å². The van der Waals surface area contributed by atoms with E-state index >= 15 is 0 Å². The monoisotopic (exact) mass is 211 g/mol. The topological polar surface area (TPSA) is 35.2 Å². The van der Waals surface area contributed by atoms with Gasteiger partial charge < -0.3 is 10.5 Å². The van der Waals surface area contributed by atoms with Gasteiger partial charge in [0.05, 0.1) is 6.61 Å². The first-order valence-corrected chi connectivity index (χ1v) is 6.44. The molecule has 2 fully saturated rings. The largest absolute Gasteiger partial charge is 0.381 e. The summed E-state index contributed by atoms with van der Waals surface area (Å²) in [5, 5.41) is 0. The SMILES string of the molecule is CC1(C)CCCCC1C(N)C1CCOC1. The standard InChI is InChI=1S/C13H25NO/c1-13(2)7-4-3-5-11(13)12(14)10-6-8-15-9-10/h10-12H,3-9,14H2,1-2H3. The quantitative estimate of drug-likeness (QED) is 0.762. The first kappa shape index (κ1) is 11.4. The van der Waals surface area contributed by atoms with Crippen molar-refractivity contribution in [1.82, 2.24) is 0 Å². The molecule has 0 bridgehead atoms. The van der Waals surface area contributed by atoms with E-state index in [0.29, 0.717) is 23.3 Å². The lowest BCUT2D eigenvalue weighted by molar-refractivity contribution is 0.0838. The van der Waals surface area contributed by atoms with E-state index in [2.05, 4.69) is 13.8 Å². The Kier molecular flexibility index (Phi) is 3.36. The normalized spacial score (nSPS) is 37.8. The van der Waals surface area contributed by atoms with Crippen molar-refractivity contribution in [1.29, 1.82) is 0 Å². The summed E-state index contributed by atoms with van der Waals surface area (Å²) in [7, 11) is 0. The van der Waals surface area contributed by atoms with Crippen LogP contribution in [0, 0.1) is 17.3 Å². The number of hydrogen-bond donors (Lipinski definition) is 1. The highest BCUT2D eigenvalue weighted by Gasteiger charge is 2.39. The molecule has 0 spiro atoms. The van der Waals surface area contributed by atoms with Gasteiger partial charge in [0.1, 0.15) is 0 Å². The second kappa shape index (κ2) is 4.42. The zero-order valence-corrected chi connectivity index (χ0v) is 10.2. The van der Waals surface area contributed by atoms with E-state index < -0.39 is 0 Å². The molecule has 2 N–H and O–H groups in total. The Labute approximate surface area is 93.6 Å². The van der Waals surface area contributed by atoms with Gasteiger partial charge in [-0.3, -0.25) is 0 Å². The molecule has 0 aromatic carbocycles. The maximum absolute atomic E-state index is 6.45. The lowest BCUT2D eigenvalue weighted by atomic mass is 9.64. The van der Waals surface area contributed by atoms with Crippen molar-refractivity contribution >= 4 is 0 Å². The van der Waals surface area contributed by atoms with E-state index in [1.807, 2.05) is 0 Å². The number of ether oxygens (including phenoxy) is 1. The third-order valence-electron chi connectivity index (χ3n) is 4.56. The van der Waals surface area contributed by atoms with Crippen LogP contribution in [0.2, 0.25) is 0 Å². The van der Waals surface area contributed by atoms with Crippen LogP contribution in [0.1, 0.15) is 46.0 Å². The molecule has 2 nitrogen and oxygen atoms in total. The third-order valence-corrected chi connectivity index (χ3v) is 4.56. The fourth-order valence-corrected chi connectivity index (χ4v) is 3.42. The van der Waals surface area contributed by atoms with Crippen molar-refractivity contribution in [3.05, 3.63) is 0 Å². The van der Waals surface area contributed by atoms with Crippen LogP contribution in [-0.4, -0.2) is 19.3 Å². The summed E-state index contributed by atoms with van der Waals surface area (Å²) in [5.41, 5.74) is 6.89. The van der Waals surface area contributed by atoms with Crippen LogP contribution < -0.4 is 5.73 Å². The van der Waals surface area contributed by atoms with Gasteiger partial charge in [-0.15, -0.1) is 0 Å². The van der Waals surface area contributed by atoms with Gasteiger partial charge in [0, 0.05) is 12.6 Å². The van der Waals surface area contributed by atoms with Gasteiger partial charge in [-0.05, 0) is 36.5 Å². The second-order valence-electron chi connectivity index (χ2n) is 6.04. The molecule has 1 aliphatic carbocycles. The Balaban J connectivity index is 2.00. The van der Waals surface area contributed by atoms with E-state index in [1.165, 1.54) is 32.1 Å². The Bertz CT molecular complexity index is 209. The molecule has 3 atom stereocenters. The van der Waals surface area contributed by atoms with Gasteiger partial charge in [0.25, 0.3) is 0 Å². The minimum absolute atomic E-state index is 0.364. The summed E-state index contributed by atoms with van der Waals surface area (Å²) < 4.78 is 5.46. The van der Waals surface area contributed by atoms with E-state index in [9.17, 15) is 0 Å². The van der Waals surface area contributed by atoms with E-state index in [1.54, 1.807) is 0 Å². The van der Waals surface area contributed by atoms with Crippen molar-refractivity contribution in [3.63, 3.8) is 0 Å². The minimum atomic E-state index is 0.364. The maximum Gasteiger partial charge on any atom is 0.0510 e. The Morgan fingerprint density at radius 1 is 1.27 bits per heavy atom. The molecule has 0 amide bonds. The van der Waals surface area contributed by atoms with Crippen LogP contribution in [0.25, 0.3) is 0 Å². The fourth-order valence-electron chi connectivity index (χ4n) is 3.42. The predicted octanol–water partition coefficient (Wildman–Crippen LogP) is 2.57. The summed E-state index contributed by atoms with van der Waals surface area (Å²) in [5.74, 6) is 1.32. The molecule has 2 heteroatoms. The molecule has 0 radical (unpaired) electrons. The fraction of sp³-hybridized carbons (Fsp3) is 1.00. The molecule has 0 aromatic heterocycles. The molecule has 1 heterocycles. The van der Waals surface area contributed by atoms with Crippen LogP contribution in [0.4, 0.5) is 0 Å².